The molecule has 0 heterocycles. The van der Waals surface area contributed by atoms with Crippen LogP contribution in [0.5, 0.6) is 0 Å². The molecule has 2 N–H and O–H groups in total. The Kier molecular flexibility index (Phi) is 4.31. The Hall–Kier alpha value is -2.04. The normalized spacial score (nSPS) is 13.5. The van der Waals surface area contributed by atoms with Crippen molar-refractivity contribution in [2.45, 2.75) is 20.3 Å². The van der Waals surface area contributed by atoms with Gasteiger partial charge in [0.05, 0.1) is 5.69 Å². The van der Waals surface area contributed by atoms with Crippen LogP contribution >= 0.6 is 0 Å². The highest BCUT2D eigenvalue weighted by atomic mass is 16.4. The first-order valence-corrected chi connectivity index (χ1v) is 5.75. The van der Waals surface area contributed by atoms with Crippen molar-refractivity contribution in [3.8, 4) is 0 Å². The number of nitrogens with zero attached hydrogens (tertiary/aromatic N) is 1. The predicted molar refractivity (Wildman–Crippen MR) is 68.9 cm³/mol. The van der Waals surface area contributed by atoms with Crippen LogP contribution in [0, 0.1) is 5.41 Å². The molecule has 1 rings (SSSR count). The van der Waals surface area contributed by atoms with Crippen LogP contribution in [0.2, 0.25) is 0 Å². The summed E-state index contributed by atoms with van der Waals surface area (Å²) in [6.45, 7) is 3.11. The number of para-hydroxylation sites is 1. The molecule has 0 aromatic heterocycles. The Labute approximate surface area is 106 Å². The Morgan fingerprint density at radius 1 is 1.33 bits per heavy atom. The number of carbonyl (C=O) groups excluding carboxylic acids is 1. The lowest BCUT2D eigenvalue weighted by molar-refractivity contribution is -0.158. The summed E-state index contributed by atoms with van der Waals surface area (Å²) in [5, 5.41) is 10.4. The molecule has 1 amide bonds. The highest BCUT2D eigenvalue weighted by molar-refractivity contribution is 6.01. The van der Waals surface area contributed by atoms with Crippen molar-refractivity contribution in [1.29, 1.82) is 0 Å². The van der Waals surface area contributed by atoms with Crippen molar-refractivity contribution >= 4 is 17.6 Å². The van der Waals surface area contributed by atoms with E-state index in [9.17, 15) is 9.59 Å². The Morgan fingerprint density at radius 2 is 1.89 bits per heavy atom. The standard InChI is InChI=1S/C13H18N2O3/c1-4-13(2,12(17)18)11(16)15(3)14-10-8-6-5-7-9-10/h5-9,14H,4H2,1-3H3,(H,17,18). The summed E-state index contributed by atoms with van der Waals surface area (Å²) < 4.78 is 0. The van der Waals surface area contributed by atoms with Gasteiger partial charge in [0.2, 0.25) is 0 Å². The van der Waals surface area contributed by atoms with Gasteiger partial charge in [-0.25, -0.2) is 0 Å². The number of nitrogens with one attached hydrogen (secondary N) is 1. The van der Waals surface area contributed by atoms with Crippen LogP contribution in [0.1, 0.15) is 20.3 Å². The van der Waals surface area contributed by atoms with E-state index >= 15 is 0 Å². The number of rotatable bonds is 5. The summed E-state index contributed by atoms with van der Waals surface area (Å²) in [6.07, 6.45) is 0.238. The molecule has 5 heteroatoms. The average molecular weight is 250 g/mol. The van der Waals surface area contributed by atoms with E-state index in [0.717, 1.165) is 5.69 Å². The maximum atomic E-state index is 12.1. The minimum atomic E-state index is -1.41. The number of hydrogen-bond acceptors (Lipinski definition) is 3. The number of aliphatic carboxylic acids is 1. The van der Waals surface area contributed by atoms with Gasteiger partial charge in [-0.1, -0.05) is 25.1 Å². The van der Waals surface area contributed by atoms with E-state index in [1.807, 2.05) is 18.2 Å². The first-order valence-electron chi connectivity index (χ1n) is 5.75. The number of hydrogen-bond donors (Lipinski definition) is 2. The molecule has 0 aliphatic rings. The van der Waals surface area contributed by atoms with Crippen molar-refractivity contribution in [3.63, 3.8) is 0 Å². The SMILES string of the molecule is CCC(C)(C(=O)O)C(=O)N(C)Nc1ccccc1. The van der Waals surface area contributed by atoms with Crippen LogP contribution < -0.4 is 5.43 Å². The molecular weight excluding hydrogens is 232 g/mol. The van der Waals surface area contributed by atoms with Gasteiger partial charge in [0.15, 0.2) is 0 Å². The number of carboxylic acids is 1. The lowest BCUT2D eigenvalue weighted by Crippen LogP contribution is -2.47. The second-order valence-electron chi connectivity index (χ2n) is 4.33. The number of carboxylic acid groups (broad SMARTS) is 1. The van der Waals surface area contributed by atoms with E-state index in [1.165, 1.54) is 19.0 Å². The summed E-state index contributed by atoms with van der Waals surface area (Å²) >= 11 is 0. The van der Waals surface area contributed by atoms with Gasteiger partial charge < -0.3 is 5.11 Å². The first-order chi connectivity index (χ1) is 8.41. The molecule has 0 bridgehead atoms. The van der Waals surface area contributed by atoms with Gasteiger partial charge in [-0.2, -0.15) is 0 Å². The monoisotopic (exact) mass is 250 g/mol. The van der Waals surface area contributed by atoms with Crippen LogP contribution in [-0.2, 0) is 9.59 Å². The van der Waals surface area contributed by atoms with Gasteiger partial charge in [-0.15, -0.1) is 0 Å². The summed E-state index contributed by atoms with van der Waals surface area (Å²) in [6, 6.07) is 9.12. The molecule has 98 valence electrons. The first kappa shape index (κ1) is 14.0. The molecule has 1 aromatic carbocycles. The molecule has 0 radical (unpaired) electrons. The van der Waals surface area contributed by atoms with Gasteiger partial charge in [0.1, 0.15) is 5.41 Å². The van der Waals surface area contributed by atoms with Crippen LogP contribution in [0.15, 0.2) is 30.3 Å². The van der Waals surface area contributed by atoms with Crippen molar-refractivity contribution in [2.75, 3.05) is 12.5 Å². The zero-order valence-electron chi connectivity index (χ0n) is 10.8. The van der Waals surface area contributed by atoms with E-state index in [1.54, 1.807) is 19.1 Å². The molecule has 1 unspecified atom stereocenters. The van der Waals surface area contributed by atoms with Crippen LogP contribution in [0.4, 0.5) is 5.69 Å². The lowest BCUT2D eigenvalue weighted by atomic mass is 9.86. The third-order valence-electron chi connectivity index (χ3n) is 3.03. The topological polar surface area (TPSA) is 69.6 Å². The summed E-state index contributed by atoms with van der Waals surface area (Å²) in [5.74, 6) is -1.59. The van der Waals surface area contributed by atoms with Crippen molar-refractivity contribution in [2.24, 2.45) is 5.41 Å². The fourth-order valence-electron chi connectivity index (χ4n) is 1.52. The predicted octanol–water partition coefficient (Wildman–Crippen LogP) is 1.97. The second kappa shape index (κ2) is 5.53. The van der Waals surface area contributed by atoms with Gasteiger partial charge >= 0.3 is 5.97 Å². The molecule has 0 aliphatic carbocycles. The van der Waals surface area contributed by atoms with E-state index < -0.39 is 17.3 Å². The average Bonchev–Trinajstić information content (AvgIpc) is 2.37. The van der Waals surface area contributed by atoms with Crippen LogP contribution in [0.3, 0.4) is 0 Å². The van der Waals surface area contributed by atoms with E-state index in [4.69, 9.17) is 5.11 Å². The van der Waals surface area contributed by atoms with E-state index in [-0.39, 0.29) is 6.42 Å². The van der Waals surface area contributed by atoms with Crippen molar-refractivity contribution < 1.29 is 14.7 Å². The summed E-state index contributed by atoms with van der Waals surface area (Å²) in [5.41, 5.74) is 2.18. The molecule has 0 saturated carbocycles. The maximum Gasteiger partial charge on any atom is 0.318 e. The van der Waals surface area contributed by atoms with Crippen LogP contribution in [-0.4, -0.2) is 29.0 Å². The fraction of sp³-hybridized carbons (Fsp3) is 0.385. The van der Waals surface area contributed by atoms with Crippen LogP contribution in [0.25, 0.3) is 0 Å². The minimum absolute atomic E-state index is 0.238. The number of hydrazine groups is 1. The van der Waals surface area contributed by atoms with Gasteiger partial charge in [0.25, 0.3) is 5.91 Å². The highest BCUT2D eigenvalue weighted by Gasteiger charge is 2.41. The van der Waals surface area contributed by atoms with Gasteiger partial charge in [-0.05, 0) is 25.5 Å². The number of carbonyl (C=O) groups is 2. The van der Waals surface area contributed by atoms with E-state index in [2.05, 4.69) is 5.43 Å². The highest BCUT2D eigenvalue weighted by Crippen LogP contribution is 2.24. The smallest absolute Gasteiger partial charge is 0.318 e. The molecule has 0 fully saturated rings. The van der Waals surface area contributed by atoms with Gasteiger partial charge in [-0.3, -0.25) is 20.0 Å². The second-order valence-corrected chi connectivity index (χ2v) is 4.33. The molecule has 0 spiro atoms. The zero-order valence-corrected chi connectivity index (χ0v) is 10.8. The van der Waals surface area contributed by atoms with Gasteiger partial charge in [0, 0.05) is 7.05 Å². The molecule has 1 aromatic rings. The Bertz CT molecular complexity index is 433. The fourth-order valence-corrected chi connectivity index (χ4v) is 1.52. The molecule has 0 saturated heterocycles. The Balaban J connectivity index is 2.81. The number of benzene rings is 1. The number of amides is 1. The Morgan fingerprint density at radius 3 is 2.33 bits per heavy atom. The third-order valence-corrected chi connectivity index (χ3v) is 3.03. The molecular formula is C13H18N2O3. The van der Waals surface area contributed by atoms with E-state index in [0.29, 0.717) is 0 Å². The third kappa shape index (κ3) is 2.80. The molecule has 5 nitrogen and oxygen atoms in total. The maximum absolute atomic E-state index is 12.1. The molecule has 0 aliphatic heterocycles. The summed E-state index contributed by atoms with van der Waals surface area (Å²) in [7, 11) is 1.52. The van der Waals surface area contributed by atoms with Crippen molar-refractivity contribution in [3.05, 3.63) is 30.3 Å². The molecule has 1 atom stereocenters. The summed E-state index contributed by atoms with van der Waals surface area (Å²) in [4.78, 5) is 23.3. The van der Waals surface area contributed by atoms with Crippen molar-refractivity contribution in [1.82, 2.24) is 5.01 Å². The zero-order chi connectivity index (χ0) is 13.8. The molecule has 18 heavy (non-hydrogen) atoms. The quantitative estimate of drug-likeness (QED) is 0.619. The minimum Gasteiger partial charge on any atom is -0.480 e. The number of anilines is 1. The largest absolute Gasteiger partial charge is 0.480 e. The lowest BCUT2D eigenvalue weighted by Gasteiger charge is -2.28.